The molecule has 26 heavy (non-hydrogen) atoms. The van der Waals surface area contributed by atoms with Crippen molar-refractivity contribution in [2.24, 2.45) is 4.99 Å². The zero-order chi connectivity index (χ0) is 18.4. The first kappa shape index (κ1) is 19.2. The predicted molar refractivity (Wildman–Crippen MR) is 105 cm³/mol. The van der Waals surface area contributed by atoms with Crippen molar-refractivity contribution in [1.29, 1.82) is 0 Å². The molecular formula is C19H30N4O2S. The van der Waals surface area contributed by atoms with Crippen molar-refractivity contribution in [3.63, 3.8) is 0 Å². The van der Waals surface area contributed by atoms with Gasteiger partial charge in [0.25, 0.3) is 0 Å². The number of carbonyl (C=O) groups is 1. The summed E-state index contributed by atoms with van der Waals surface area (Å²) in [4.78, 5) is 19.3. The maximum Gasteiger partial charge on any atom is 0.243 e. The van der Waals surface area contributed by atoms with Gasteiger partial charge in [-0.2, -0.15) is 0 Å². The number of thiophene rings is 1. The summed E-state index contributed by atoms with van der Waals surface area (Å²) in [6, 6.07) is 4.48. The van der Waals surface area contributed by atoms with Crippen LogP contribution in [0.4, 0.5) is 0 Å². The van der Waals surface area contributed by atoms with Crippen molar-refractivity contribution in [1.82, 2.24) is 15.5 Å². The second-order valence-corrected chi connectivity index (χ2v) is 8.49. The molecule has 1 unspecified atom stereocenters. The Labute approximate surface area is 160 Å². The molecule has 1 atom stereocenters. The van der Waals surface area contributed by atoms with Crippen LogP contribution in [0.5, 0.6) is 0 Å². The van der Waals surface area contributed by atoms with E-state index in [1.165, 1.54) is 30.6 Å². The van der Waals surface area contributed by atoms with Gasteiger partial charge in [0.1, 0.15) is 6.54 Å². The van der Waals surface area contributed by atoms with E-state index >= 15 is 0 Å². The number of carbonyl (C=O) groups excluding carboxylic acids is 1. The van der Waals surface area contributed by atoms with E-state index in [0.717, 1.165) is 19.4 Å². The topological polar surface area (TPSA) is 66.0 Å². The number of hydrogen-bond acceptors (Lipinski definition) is 4. The average molecular weight is 379 g/mol. The van der Waals surface area contributed by atoms with E-state index in [2.05, 4.69) is 27.1 Å². The zero-order valence-corrected chi connectivity index (χ0v) is 16.6. The molecule has 0 bridgehead atoms. The third-order valence-corrected chi connectivity index (χ3v) is 6.11. The van der Waals surface area contributed by atoms with Crippen molar-refractivity contribution >= 4 is 23.2 Å². The molecule has 1 aromatic rings. The maximum absolute atomic E-state index is 11.9. The Kier molecular flexibility index (Phi) is 6.53. The summed E-state index contributed by atoms with van der Waals surface area (Å²) in [7, 11) is 3.51. The smallest absolute Gasteiger partial charge is 0.243 e. The van der Waals surface area contributed by atoms with Crippen LogP contribution in [0, 0.1) is 0 Å². The van der Waals surface area contributed by atoms with Crippen molar-refractivity contribution in [2.75, 3.05) is 27.2 Å². The van der Waals surface area contributed by atoms with Gasteiger partial charge in [0.05, 0.1) is 12.1 Å². The minimum absolute atomic E-state index is 0.00136. The van der Waals surface area contributed by atoms with E-state index in [9.17, 15) is 4.79 Å². The lowest BCUT2D eigenvalue weighted by Crippen LogP contribution is -2.50. The number of guanidine groups is 1. The quantitative estimate of drug-likeness (QED) is 0.610. The molecule has 0 aromatic carbocycles. The summed E-state index contributed by atoms with van der Waals surface area (Å²) < 4.78 is 6.13. The molecule has 1 amide bonds. The van der Waals surface area contributed by atoms with Gasteiger partial charge in [0.2, 0.25) is 5.91 Å². The minimum atomic E-state index is 0.00136. The highest BCUT2D eigenvalue weighted by atomic mass is 32.1. The number of hydrogen-bond donors (Lipinski definition) is 2. The summed E-state index contributed by atoms with van der Waals surface area (Å²) in [5.74, 6) is 0.718. The van der Waals surface area contributed by atoms with Crippen molar-refractivity contribution in [2.45, 2.75) is 56.7 Å². The fourth-order valence-electron chi connectivity index (χ4n) is 3.74. The Hall–Kier alpha value is -1.60. The minimum Gasteiger partial charge on any atom is -0.375 e. The monoisotopic (exact) mass is 378 g/mol. The standard InChI is InChI=1S/C19H30N4O2S/c1-23(2)17(24)14-21-18(20-13-16-6-5-11-26-16)22-15-7-10-25-19(12-15)8-3-4-9-19/h5-6,11,15H,3-4,7-10,12-14H2,1-2H3,(H2,20,21,22). The van der Waals surface area contributed by atoms with Crippen LogP contribution in [0.2, 0.25) is 0 Å². The second kappa shape index (κ2) is 8.86. The number of amides is 1. The fourth-order valence-corrected chi connectivity index (χ4v) is 4.38. The molecule has 0 radical (unpaired) electrons. The Balaban J connectivity index is 1.61. The van der Waals surface area contributed by atoms with Crippen LogP contribution in [0.15, 0.2) is 22.5 Å². The molecule has 2 N–H and O–H groups in total. The first-order valence-electron chi connectivity index (χ1n) is 9.48. The maximum atomic E-state index is 11.9. The molecule has 2 fully saturated rings. The first-order chi connectivity index (χ1) is 12.6. The van der Waals surface area contributed by atoms with E-state index in [0.29, 0.717) is 18.5 Å². The van der Waals surface area contributed by atoms with Gasteiger partial charge in [-0.1, -0.05) is 18.9 Å². The highest BCUT2D eigenvalue weighted by molar-refractivity contribution is 7.09. The van der Waals surface area contributed by atoms with E-state index in [4.69, 9.17) is 4.74 Å². The Morgan fingerprint density at radius 2 is 2.23 bits per heavy atom. The molecule has 1 saturated heterocycles. The summed E-state index contributed by atoms with van der Waals surface area (Å²) in [6.07, 6.45) is 6.86. The molecular weight excluding hydrogens is 348 g/mol. The van der Waals surface area contributed by atoms with E-state index in [1.807, 2.05) is 6.07 Å². The Morgan fingerprint density at radius 3 is 2.92 bits per heavy atom. The van der Waals surface area contributed by atoms with Crippen LogP contribution in [0.1, 0.15) is 43.4 Å². The lowest BCUT2D eigenvalue weighted by atomic mass is 9.89. The molecule has 1 aliphatic carbocycles. The van der Waals surface area contributed by atoms with Gasteiger partial charge >= 0.3 is 0 Å². The molecule has 3 rings (SSSR count). The molecule has 144 valence electrons. The lowest BCUT2D eigenvalue weighted by molar-refractivity contribution is -0.127. The number of aliphatic imine (C=N–C) groups is 1. The number of likely N-dealkylation sites (N-methyl/N-ethyl adjacent to an activating group) is 1. The average Bonchev–Trinajstić information content (AvgIpc) is 3.29. The van der Waals surface area contributed by atoms with Crippen molar-refractivity contribution < 1.29 is 9.53 Å². The summed E-state index contributed by atoms with van der Waals surface area (Å²) in [5, 5.41) is 9.01. The summed E-state index contributed by atoms with van der Waals surface area (Å²) in [5.41, 5.74) is 0.0637. The molecule has 6 nitrogen and oxygen atoms in total. The van der Waals surface area contributed by atoms with Crippen LogP contribution in [0.25, 0.3) is 0 Å². The first-order valence-corrected chi connectivity index (χ1v) is 10.4. The van der Waals surface area contributed by atoms with Crippen LogP contribution < -0.4 is 10.6 Å². The van der Waals surface area contributed by atoms with Gasteiger partial charge in [-0.25, -0.2) is 4.99 Å². The number of nitrogens with zero attached hydrogens (tertiary/aromatic N) is 2. The van der Waals surface area contributed by atoms with E-state index in [1.54, 1.807) is 30.3 Å². The van der Waals surface area contributed by atoms with Gasteiger partial charge < -0.3 is 20.3 Å². The lowest BCUT2D eigenvalue weighted by Gasteiger charge is -2.39. The van der Waals surface area contributed by atoms with Crippen molar-refractivity contribution in [3.8, 4) is 0 Å². The number of nitrogens with one attached hydrogen (secondary N) is 2. The van der Waals surface area contributed by atoms with Gasteiger partial charge in [-0.15, -0.1) is 11.3 Å². The largest absolute Gasteiger partial charge is 0.375 e. The highest BCUT2D eigenvalue weighted by Crippen LogP contribution is 2.39. The zero-order valence-electron chi connectivity index (χ0n) is 15.8. The van der Waals surface area contributed by atoms with E-state index < -0.39 is 0 Å². The Bertz CT molecular complexity index is 609. The fraction of sp³-hybridized carbons (Fsp3) is 0.684. The van der Waals surface area contributed by atoms with Gasteiger partial charge in [0.15, 0.2) is 5.96 Å². The molecule has 1 aliphatic heterocycles. The van der Waals surface area contributed by atoms with Gasteiger partial charge in [-0.05, 0) is 37.1 Å². The highest BCUT2D eigenvalue weighted by Gasteiger charge is 2.40. The molecule has 2 heterocycles. The third kappa shape index (κ3) is 5.20. The molecule has 2 aliphatic rings. The van der Waals surface area contributed by atoms with Crippen LogP contribution in [-0.2, 0) is 16.1 Å². The van der Waals surface area contributed by atoms with E-state index in [-0.39, 0.29) is 18.1 Å². The van der Waals surface area contributed by atoms with Crippen molar-refractivity contribution in [3.05, 3.63) is 22.4 Å². The predicted octanol–water partition coefficient (Wildman–Crippen LogP) is 2.36. The molecule has 7 heteroatoms. The second-order valence-electron chi connectivity index (χ2n) is 7.46. The summed E-state index contributed by atoms with van der Waals surface area (Å²) in [6.45, 7) is 1.67. The van der Waals surface area contributed by atoms with Crippen LogP contribution in [0.3, 0.4) is 0 Å². The number of rotatable bonds is 5. The Morgan fingerprint density at radius 1 is 1.42 bits per heavy atom. The molecule has 1 spiro atoms. The molecule has 1 aromatic heterocycles. The van der Waals surface area contributed by atoms with Crippen LogP contribution in [-0.4, -0.2) is 55.7 Å². The number of ether oxygens (including phenoxy) is 1. The summed E-state index contributed by atoms with van der Waals surface area (Å²) >= 11 is 1.72. The van der Waals surface area contributed by atoms with Gasteiger partial charge in [0, 0.05) is 31.6 Å². The van der Waals surface area contributed by atoms with Gasteiger partial charge in [-0.3, -0.25) is 4.79 Å². The SMILES string of the molecule is CN(C)C(=O)CN=C(NCc1cccs1)NC1CCOC2(CCCC2)C1. The molecule has 1 saturated carbocycles. The van der Waals surface area contributed by atoms with Crippen LogP contribution >= 0.6 is 11.3 Å². The normalized spacial score (nSPS) is 22.4. The third-order valence-electron chi connectivity index (χ3n) is 5.23.